The van der Waals surface area contributed by atoms with E-state index < -0.39 is 23.8 Å². The van der Waals surface area contributed by atoms with Crippen molar-refractivity contribution in [3.05, 3.63) is 125 Å². The molecule has 0 radical (unpaired) electrons. The van der Waals surface area contributed by atoms with Gasteiger partial charge in [-0.3, -0.25) is 15.2 Å². The number of anilines is 2. The van der Waals surface area contributed by atoms with Gasteiger partial charge in [0.2, 0.25) is 0 Å². The molecule has 0 unspecified atom stereocenters. The monoisotopic (exact) mass is 681 g/mol. The molecule has 2 N–H and O–H groups in total. The fraction of sp³-hybridized carbons (Fsp3) is 0.308. The third kappa shape index (κ3) is 7.06. The van der Waals surface area contributed by atoms with Gasteiger partial charge in [-0.15, -0.1) is 5.10 Å². The Morgan fingerprint density at radius 1 is 0.940 bits per heavy atom. The fourth-order valence-corrected chi connectivity index (χ4v) is 6.93. The number of piperidine rings is 1. The maximum absolute atomic E-state index is 15.2. The molecule has 2 aliphatic rings. The summed E-state index contributed by atoms with van der Waals surface area (Å²) in [5.74, 6) is -0.381. The zero-order chi connectivity index (χ0) is 34.8. The van der Waals surface area contributed by atoms with E-state index in [0.29, 0.717) is 40.6 Å². The number of halogens is 4. The van der Waals surface area contributed by atoms with Crippen LogP contribution in [0.25, 0.3) is 22.0 Å². The number of pyridine rings is 1. The van der Waals surface area contributed by atoms with Crippen LogP contribution in [0, 0.1) is 18.6 Å². The molecule has 4 heterocycles. The minimum absolute atomic E-state index is 0.0982. The molecule has 0 spiro atoms. The third-order valence-electron chi connectivity index (χ3n) is 9.81. The number of nitrogens with one attached hydrogen (secondary N) is 2. The summed E-state index contributed by atoms with van der Waals surface area (Å²) in [5, 5.41) is 16.5. The van der Waals surface area contributed by atoms with E-state index in [1.165, 1.54) is 29.4 Å². The molecule has 1 saturated heterocycles. The third-order valence-corrected chi connectivity index (χ3v) is 9.81. The molecule has 1 atom stereocenters. The molecular weight excluding hydrogens is 642 g/mol. The highest BCUT2D eigenvalue weighted by atomic mass is 19.3. The molecule has 5 aromatic rings. The van der Waals surface area contributed by atoms with Gasteiger partial charge in [0, 0.05) is 58.6 Å². The second-order valence-corrected chi connectivity index (χ2v) is 13.1. The van der Waals surface area contributed by atoms with E-state index in [1.807, 2.05) is 19.1 Å². The smallest absolute Gasteiger partial charge is 0.266 e. The van der Waals surface area contributed by atoms with Crippen LogP contribution >= 0.6 is 0 Å². The van der Waals surface area contributed by atoms with E-state index in [9.17, 15) is 13.2 Å². The van der Waals surface area contributed by atoms with Crippen LogP contribution in [0.5, 0.6) is 0 Å². The molecule has 2 aliphatic heterocycles. The summed E-state index contributed by atoms with van der Waals surface area (Å²) in [7, 11) is 0. The summed E-state index contributed by atoms with van der Waals surface area (Å²) in [5.41, 5.74) is 4.58. The lowest BCUT2D eigenvalue weighted by Gasteiger charge is -2.32. The van der Waals surface area contributed by atoms with Crippen molar-refractivity contribution in [2.24, 2.45) is 0 Å². The van der Waals surface area contributed by atoms with Crippen LogP contribution in [0.4, 0.5) is 29.1 Å². The van der Waals surface area contributed by atoms with Gasteiger partial charge in [0.1, 0.15) is 11.6 Å². The van der Waals surface area contributed by atoms with Crippen LogP contribution in [0.3, 0.4) is 0 Å². The van der Waals surface area contributed by atoms with Crippen molar-refractivity contribution in [2.45, 2.75) is 51.6 Å². The molecular formula is C39H39F4N7. The summed E-state index contributed by atoms with van der Waals surface area (Å²) >= 11 is 0. The Bertz CT molecular complexity index is 2010. The molecule has 1 fully saturated rings. The van der Waals surface area contributed by atoms with Gasteiger partial charge in [-0.25, -0.2) is 17.6 Å². The van der Waals surface area contributed by atoms with Gasteiger partial charge in [-0.2, -0.15) is 5.10 Å². The van der Waals surface area contributed by atoms with Gasteiger partial charge in [0.15, 0.2) is 5.82 Å². The topological polar surface area (TPSA) is 69.2 Å². The van der Waals surface area contributed by atoms with E-state index >= 15 is 4.39 Å². The Morgan fingerprint density at radius 3 is 2.46 bits per heavy atom. The molecule has 2 aromatic heterocycles. The number of hydrogen-bond acceptors (Lipinski definition) is 7. The Morgan fingerprint density at radius 2 is 1.72 bits per heavy atom. The van der Waals surface area contributed by atoms with Crippen LogP contribution in [0.2, 0.25) is 0 Å². The normalized spacial score (nSPS) is 16.3. The number of nitrogens with zero attached hydrogens (tertiary/aromatic N) is 5. The number of hydrogen-bond donors (Lipinski definition) is 2. The predicted molar refractivity (Wildman–Crippen MR) is 189 cm³/mol. The average Bonchev–Trinajstić information content (AvgIpc) is 3.14. The van der Waals surface area contributed by atoms with Crippen LogP contribution in [-0.4, -0.2) is 46.4 Å². The average molecular weight is 682 g/mol. The summed E-state index contributed by atoms with van der Waals surface area (Å²) in [6.45, 7) is 7.43. The highest BCUT2D eigenvalue weighted by molar-refractivity contribution is 5.94. The summed E-state index contributed by atoms with van der Waals surface area (Å²) < 4.78 is 56.9. The second kappa shape index (κ2) is 14.5. The van der Waals surface area contributed by atoms with Crippen LogP contribution < -0.4 is 15.5 Å². The van der Waals surface area contributed by atoms with E-state index in [0.717, 1.165) is 56.2 Å². The number of aromatic nitrogens is 3. The molecule has 258 valence electrons. The highest BCUT2D eigenvalue weighted by Crippen LogP contribution is 2.34. The number of aryl methyl sites for hydroxylation is 1. The molecule has 0 saturated carbocycles. The molecule has 0 aliphatic carbocycles. The standard InChI is InChI=1S/C39H39F4N7/c1-24(31-5-3-6-32(37(31)41)38(42)43)46-39-33-20-36(45-21-34(33)25(2)47-48-39)28-9-12-35(40)29(19-28)22-49-17-13-27(14-18-49)26-7-10-30(11-8-26)50-16-4-15-44-23-50/h3-12,16,19-21,24,27,38,44H,13-15,17-18,22-23H2,1-2H3,(H,46,48)/t24-/m1/s1. The van der Waals surface area contributed by atoms with Gasteiger partial charge in [0.25, 0.3) is 6.43 Å². The second-order valence-electron chi connectivity index (χ2n) is 13.1. The van der Waals surface area contributed by atoms with Gasteiger partial charge in [-0.05, 0) is 87.7 Å². The lowest BCUT2D eigenvalue weighted by molar-refractivity contribution is 0.146. The van der Waals surface area contributed by atoms with Crippen LogP contribution in [-0.2, 0) is 6.54 Å². The van der Waals surface area contributed by atoms with E-state index in [4.69, 9.17) is 0 Å². The highest BCUT2D eigenvalue weighted by Gasteiger charge is 2.23. The van der Waals surface area contributed by atoms with Crippen molar-refractivity contribution < 1.29 is 17.6 Å². The number of likely N-dealkylation sites (tertiary alicyclic amines) is 1. The van der Waals surface area contributed by atoms with Gasteiger partial charge < -0.3 is 10.2 Å². The van der Waals surface area contributed by atoms with E-state index in [2.05, 4.69) is 72.2 Å². The van der Waals surface area contributed by atoms with Crippen molar-refractivity contribution in [1.29, 1.82) is 0 Å². The first kappa shape index (κ1) is 33.6. The van der Waals surface area contributed by atoms with Crippen molar-refractivity contribution in [2.75, 3.05) is 36.5 Å². The lowest BCUT2D eigenvalue weighted by Crippen LogP contribution is -2.34. The fourth-order valence-electron chi connectivity index (χ4n) is 6.93. The Kier molecular flexibility index (Phi) is 9.78. The van der Waals surface area contributed by atoms with Crippen LogP contribution in [0.15, 0.2) is 85.2 Å². The van der Waals surface area contributed by atoms with Gasteiger partial charge in [0.05, 0.1) is 29.7 Å². The summed E-state index contributed by atoms with van der Waals surface area (Å²) in [6.07, 6.45) is 5.01. The molecule has 11 heteroatoms. The van der Waals surface area contributed by atoms with Crippen LogP contribution in [0.1, 0.15) is 66.1 Å². The number of rotatable bonds is 9. The maximum atomic E-state index is 15.2. The molecule has 3 aromatic carbocycles. The zero-order valence-electron chi connectivity index (χ0n) is 28.0. The Labute approximate surface area is 289 Å². The largest absolute Gasteiger partial charge is 0.361 e. The quantitative estimate of drug-likeness (QED) is 0.151. The molecule has 0 amide bonds. The van der Waals surface area contributed by atoms with E-state index in [-0.39, 0.29) is 11.4 Å². The number of fused-ring (bicyclic) bond motifs is 1. The Balaban J connectivity index is 1.06. The molecule has 50 heavy (non-hydrogen) atoms. The van der Waals surface area contributed by atoms with E-state index in [1.54, 1.807) is 19.2 Å². The minimum atomic E-state index is -2.92. The lowest BCUT2D eigenvalue weighted by atomic mass is 9.89. The van der Waals surface area contributed by atoms with Crippen molar-refractivity contribution in [3.8, 4) is 11.3 Å². The first-order valence-corrected chi connectivity index (χ1v) is 17.0. The first-order chi connectivity index (χ1) is 24.2. The SMILES string of the molecule is Cc1nnc(N[C@H](C)c2cccc(C(F)F)c2F)c2cc(-c3ccc(F)c(CN4CCC(c5ccc(N6C=CCNC6)cc5)CC4)c3)ncc12. The first-order valence-electron chi connectivity index (χ1n) is 17.0. The number of benzene rings is 3. The van der Waals surface area contributed by atoms with Crippen molar-refractivity contribution >= 4 is 22.3 Å². The van der Waals surface area contributed by atoms with Crippen molar-refractivity contribution in [3.63, 3.8) is 0 Å². The molecule has 7 rings (SSSR count). The summed E-state index contributed by atoms with van der Waals surface area (Å²) in [4.78, 5) is 9.17. The predicted octanol–water partition coefficient (Wildman–Crippen LogP) is 8.65. The molecule has 0 bridgehead atoms. The Hall–Kier alpha value is -4.87. The minimum Gasteiger partial charge on any atom is -0.361 e. The van der Waals surface area contributed by atoms with Gasteiger partial charge >= 0.3 is 0 Å². The molecule has 7 nitrogen and oxygen atoms in total. The van der Waals surface area contributed by atoms with Gasteiger partial charge in [-0.1, -0.05) is 36.4 Å². The maximum Gasteiger partial charge on any atom is 0.266 e. The van der Waals surface area contributed by atoms with Crippen molar-refractivity contribution in [1.82, 2.24) is 25.4 Å². The summed E-state index contributed by atoms with van der Waals surface area (Å²) in [6, 6.07) is 19.0. The zero-order valence-corrected chi connectivity index (χ0v) is 28.0. The number of alkyl halides is 2.